The molecule has 0 spiro atoms. The Bertz CT molecular complexity index is 972. The van der Waals surface area contributed by atoms with E-state index in [0.29, 0.717) is 43.7 Å². The summed E-state index contributed by atoms with van der Waals surface area (Å²) in [7, 11) is -1.72. The first-order chi connectivity index (χ1) is 14.6. The standard InChI is InChI=1S/C18H24BrN5O6S/c1-21-5-7-23(8-6-21)18(25)15-12-16(14(13-20)11-17(15)24(26)27)22(4-3-19)9-10-30-31(2,28)29/h11-12H,3-10H2,1-2H3. The first-order valence-corrected chi connectivity index (χ1v) is 12.4. The van der Waals surface area contributed by atoms with Gasteiger partial charge < -0.3 is 14.7 Å². The topological polar surface area (TPSA) is 137 Å². The monoisotopic (exact) mass is 517 g/mol. The number of anilines is 1. The second kappa shape index (κ2) is 10.9. The van der Waals surface area contributed by atoms with Gasteiger partial charge in [-0.25, -0.2) is 0 Å². The van der Waals surface area contributed by atoms with Crippen LogP contribution in [0.25, 0.3) is 0 Å². The van der Waals surface area contributed by atoms with Gasteiger partial charge in [-0.05, 0) is 13.1 Å². The number of hydrogen-bond acceptors (Lipinski definition) is 9. The predicted octanol–water partition coefficient (Wildman–Crippen LogP) is 1.03. The van der Waals surface area contributed by atoms with Crippen LogP contribution in [0.2, 0.25) is 0 Å². The summed E-state index contributed by atoms with van der Waals surface area (Å²) >= 11 is 3.31. The molecule has 0 radical (unpaired) electrons. The fourth-order valence-electron chi connectivity index (χ4n) is 3.18. The van der Waals surface area contributed by atoms with Crippen LogP contribution in [0.3, 0.4) is 0 Å². The van der Waals surface area contributed by atoms with E-state index in [2.05, 4.69) is 20.8 Å². The summed E-state index contributed by atoms with van der Waals surface area (Å²) in [6, 6.07) is 4.38. The zero-order valence-corrected chi connectivity index (χ0v) is 19.7. The SMILES string of the molecule is CN1CCN(C(=O)c2cc(N(CCBr)CCOS(C)(=O)=O)c(C#N)cc2[N+](=O)[O-])CC1. The van der Waals surface area contributed by atoms with Crippen molar-refractivity contribution in [2.45, 2.75) is 0 Å². The molecule has 11 nitrogen and oxygen atoms in total. The van der Waals surface area contributed by atoms with Gasteiger partial charge in [0, 0.05) is 50.7 Å². The molecule has 1 aliphatic heterocycles. The molecule has 0 unspecified atom stereocenters. The van der Waals surface area contributed by atoms with E-state index in [0.717, 1.165) is 12.3 Å². The molecular weight excluding hydrogens is 494 g/mol. The Morgan fingerprint density at radius 1 is 1.32 bits per heavy atom. The van der Waals surface area contributed by atoms with Gasteiger partial charge in [0.1, 0.15) is 11.6 Å². The first-order valence-electron chi connectivity index (χ1n) is 9.43. The molecule has 0 aliphatic carbocycles. The Morgan fingerprint density at radius 3 is 2.48 bits per heavy atom. The molecule has 31 heavy (non-hydrogen) atoms. The normalized spacial score (nSPS) is 14.8. The zero-order chi connectivity index (χ0) is 23.2. The van der Waals surface area contributed by atoms with Gasteiger partial charge in [-0.1, -0.05) is 15.9 Å². The summed E-state index contributed by atoms with van der Waals surface area (Å²) in [4.78, 5) is 29.3. The number of hydrogen-bond donors (Lipinski definition) is 0. The predicted molar refractivity (Wildman–Crippen MR) is 118 cm³/mol. The molecule has 1 aromatic rings. The van der Waals surface area contributed by atoms with E-state index in [4.69, 9.17) is 4.18 Å². The van der Waals surface area contributed by atoms with Crippen LogP contribution in [-0.2, 0) is 14.3 Å². The fourth-order valence-corrected chi connectivity index (χ4v) is 3.99. The smallest absolute Gasteiger partial charge is 0.283 e. The summed E-state index contributed by atoms with van der Waals surface area (Å²) in [6.07, 6.45) is 0.932. The van der Waals surface area contributed by atoms with Gasteiger partial charge in [0.05, 0.1) is 29.0 Å². The van der Waals surface area contributed by atoms with Gasteiger partial charge in [0.15, 0.2) is 0 Å². The molecule has 0 saturated carbocycles. The van der Waals surface area contributed by atoms with Crippen molar-refractivity contribution in [3.8, 4) is 6.07 Å². The molecule has 1 fully saturated rings. The van der Waals surface area contributed by atoms with Crippen LogP contribution in [0.1, 0.15) is 15.9 Å². The Kier molecular flexibility index (Phi) is 8.75. The third kappa shape index (κ3) is 6.86. The van der Waals surface area contributed by atoms with Crippen LogP contribution in [0, 0.1) is 21.4 Å². The van der Waals surface area contributed by atoms with Crippen LogP contribution in [0.4, 0.5) is 11.4 Å². The van der Waals surface area contributed by atoms with Gasteiger partial charge in [-0.3, -0.25) is 19.1 Å². The Balaban J connectivity index is 2.45. The molecule has 2 rings (SSSR count). The maximum Gasteiger partial charge on any atom is 0.283 e. The quantitative estimate of drug-likeness (QED) is 0.203. The minimum atomic E-state index is -3.65. The van der Waals surface area contributed by atoms with Crippen LogP contribution in [0.15, 0.2) is 12.1 Å². The van der Waals surface area contributed by atoms with Crippen molar-refractivity contribution >= 4 is 43.3 Å². The maximum atomic E-state index is 13.1. The summed E-state index contributed by atoms with van der Waals surface area (Å²) in [6.45, 7) is 2.48. The molecule has 0 atom stereocenters. The van der Waals surface area contributed by atoms with E-state index in [9.17, 15) is 28.6 Å². The first kappa shape index (κ1) is 25.0. The minimum absolute atomic E-state index is 0.0157. The van der Waals surface area contributed by atoms with E-state index in [1.54, 1.807) is 9.80 Å². The Morgan fingerprint density at radius 2 is 1.97 bits per heavy atom. The van der Waals surface area contributed by atoms with Crippen molar-refractivity contribution in [1.29, 1.82) is 5.26 Å². The number of carbonyl (C=O) groups is 1. The van der Waals surface area contributed by atoms with Crippen molar-refractivity contribution in [1.82, 2.24) is 9.80 Å². The molecule has 13 heteroatoms. The lowest BCUT2D eigenvalue weighted by atomic mass is 10.0. The lowest BCUT2D eigenvalue weighted by Crippen LogP contribution is -2.47. The van der Waals surface area contributed by atoms with E-state index >= 15 is 0 Å². The number of likely N-dealkylation sites (N-methyl/N-ethyl adjacent to an activating group) is 1. The molecule has 1 heterocycles. The highest BCUT2D eigenvalue weighted by Gasteiger charge is 2.29. The number of piperazine rings is 1. The number of alkyl halides is 1. The third-order valence-electron chi connectivity index (χ3n) is 4.81. The summed E-state index contributed by atoms with van der Waals surface area (Å²) in [5, 5.41) is 21.7. The van der Waals surface area contributed by atoms with Crippen LogP contribution >= 0.6 is 15.9 Å². The second-order valence-corrected chi connectivity index (χ2v) is 9.49. The van der Waals surface area contributed by atoms with Crippen LogP contribution < -0.4 is 4.90 Å². The molecule has 0 aromatic heterocycles. The average Bonchev–Trinajstić information content (AvgIpc) is 2.71. The highest BCUT2D eigenvalue weighted by atomic mass is 79.9. The number of halogens is 1. The van der Waals surface area contributed by atoms with Crippen molar-refractivity contribution < 1.29 is 22.3 Å². The molecule has 0 N–H and O–H groups in total. The maximum absolute atomic E-state index is 13.1. The number of nitriles is 1. The number of nitro benzene ring substituents is 1. The van der Waals surface area contributed by atoms with Gasteiger partial charge in [0.25, 0.3) is 21.7 Å². The van der Waals surface area contributed by atoms with Crippen molar-refractivity contribution in [3.63, 3.8) is 0 Å². The van der Waals surface area contributed by atoms with Crippen molar-refractivity contribution in [2.75, 3.05) is 69.4 Å². The molecule has 170 valence electrons. The highest BCUT2D eigenvalue weighted by molar-refractivity contribution is 9.09. The van der Waals surface area contributed by atoms with E-state index in [1.165, 1.54) is 6.07 Å². The van der Waals surface area contributed by atoms with E-state index in [1.807, 2.05) is 13.1 Å². The molecule has 1 amide bonds. The number of amides is 1. The average molecular weight is 518 g/mol. The van der Waals surface area contributed by atoms with Crippen molar-refractivity contribution in [3.05, 3.63) is 33.4 Å². The number of rotatable bonds is 9. The van der Waals surface area contributed by atoms with Crippen LogP contribution in [-0.4, -0.2) is 93.6 Å². The van der Waals surface area contributed by atoms with Gasteiger partial charge in [-0.2, -0.15) is 13.7 Å². The fraction of sp³-hybridized carbons (Fsp3) is 0.556. The summed E-state index contributed by atoms with van der Waals surface area (Å²) < 4.78 is 27.3. The largest absolute Gasteiger partial charge is 0.367 e. The second-order valence-electron chi connectivity index (χ2n) is 7.05. The van der Waals surface area contributed by atoms with E-state index < -0.39 is 26.6 Å². The molecule has 0 bridgehead atoms. The zero-order valence-electron chi connectivity index (χ0n) is 17.3. The number of nitro groups is 1. The van der Waals surface area contributed by atoms with Gasteiger partial charge in [0.2, 0.25) is 0 Å². The van der Waals surface area contributed by atoms with Crippen LogP contribution in [0.5, 0.6) is 0 Å². The van der Waals surface area contributed by atoms with Gasteiger partial charge in [-0.15, -0.1) is 0 Å². The molecule has 1 aromatic carbocycles. The Hall–Kier alpha value is -2.27. The lowest BCUT2D eigenvalue weighted by Gasteiger charge is -2.32. The molecule has 1 saturated heterocycles. The van der Waals surface area contributed by atoms with Gasteiger partial charge >= 0.3 is 0 Å². The number of nitrogens with zero attached hydrogens (tertiary/aromatic N) is 5. The summed E-state index contributed by atoms with van der Waals surface area (Å²) in [5.41, 5.74) is -0.216. The van der Waals surface area contributed by atoms with E-state index in [-0.39, 0.29) is 24.3 Å². The number of benzene rings is 1. The molecular formula is C18H24BrN5O6S. The lowest BCUT2D eigenvalue weighted by molar-refractivity contribution is -0.385. The Labute approximate surface area is 189 Å². The highest BCUT2D eigenvalue weighted by Crippen LogP contribution is 2.31. The summed E-state index contributed by atoms with van der Waals surface area (Å²) in [5.74, 6) is -0.475. The van der Waals surface area contributed by atoms with Crippen molar-refractivity contribution in [2.24, 2.45) is 0 Å². The third-order valence-corrected chi connectivity index (χ3v) is 5.76. The number of carbonyl (C=O) groups excluding carboxylic acids is 1. The molecule has 1 aliphatic rings. The minimum Gasteiger partial charge on any atom is -0.367 e.